The van der Waals surface area contributed by atoms with Crippen LogP contribution in [0.1, 0.15) is 83.2 Å². The molecular formula is C21H31N3. The van der Waals surface area contributed by atoms with Crippen LogP contribution < -0.4 is 0 Å². The Hall–Kier alpha value is -1.12. The molecule has 4 aliphatic rings. The number of allylic oxidation sites excluding steroid dienone is 2. The average molecular weight is 326 g/mol. The molecule has 0 aromatic carbocycles. The lowest BCUT2D eigenvalue weighted by atomic mass is 9.45. The first kappa shape index (κ1) is 15.2. The molecule has 3 nitrogen and oxygen atoms in total. The molecule has 3 fully saturated rings. The molecule has 5 rings (SSSR count). The second-order valence-corrected chi connectivity index (χ2v) is 9.55. The van der Waals surface area contributed by atoms with Crippen LogP contribution in [0.15, 0.2) is 17.8 Å². The molecule has 6 atom stereocenters. The van der Waals surface area contributed by atoms with Crippen LogP contribution in [0.25, 0.3) is 0 Å². The van der Waals surface area contributed by atoms with Crippen molar-refractivity contribution in [3.05, 3.63) is 23.5 Å². The summed E-state index contributed by atoms with van der Waals surface area (Å²) in [7, 11) is 0. The highest BCUT2D eigenvalue weighted by Crippen LogP contribution is 2.67. The van der Waals surface area contributed by atoms with Gasteiger partial charge in [-0.3, -0.25) is 0 Å². The fraction of sp³-hybridized carbons (Fsp3) is 0.810. The quantitative estimate of drug-likeness (QED) is 0.717. The zero-order chi connectivity index (χ0) is 16.4. The van der Waals surface area contributed by atoms with Crippen molar-refractivity contribution in [1.29, 1.82) is 0 Å². The molecular weight excluding hydrogens is 294 g/mol. The molecule has 0 aliphatic heterocycles. The molecule has 3 heteroatoms. The molecule has 1 heterocycles. The van der Waals surface area contributed by atoms with E-state index in [1.54, 1.807) is 5.57 Å². The van der Waals surface area contributed by atoms with Gasteiger partial charge in [-0.05, 0) is 80.0 Å². The number of rotatable bonds is 1. The molecule has 0 saturated heterocycles. The van der Waals surface area contributed by atoms with E-state index in [1.807, 2.05) is 6.20 Å². The molecule has 1 aromatic rings. The molecule has 3 saturated carbocycles. The smallest absolute Gasteiger partial charge is 0.0864 e. The van der Waals surface area contributed by atoms with Gasteiger partial charge in [0.25, 0.3) is 0 Å². The Morgan fingerprint density at radius 3 is 2.83 bits per heavy atom. The van der Waals surface area contributed by atoms with Gasteiger partial charge >= 0.3 is 0 Å². The summed E-state index contributed by atoms with van der Waals surface area (Å²) < 4.78 is 0. The highest BCUT2D eigenvalue weighted by Gasteiger charge is 2.58. The van der Waals surface area contributed by atoms with Gasteiger partial charge in [-0.1, -0.05) is 31.9 Å². The van der Waals surface area contributed by atoms with Crippen LogP contribution in [0.5, 0.6) is 0 Å². The van der Waals surface area contributed by atoms with Crippen LogP contribution in [0, 0.1) is 28.6 Å². The lowest BCUT2D eigenvalue weighted by Gasteiger charge is -2.59. The van der Waals surface area contributed by atoms with Crippen molar-refractivity contribution in [2.45, 2.75) is 77.6 Å². The number of nitrogens with one attached hydrogen (secondary N) is 1. The molecule has 0 spiro atoms. The van der Waals surface area contributed by atoms with E-state index >= 15 is 0 Å². The van der Waals surface area contributed by atoms with Crippen molar-refractivity contribution in [1.82, 2.24) is 15.4 Å². The van der Waals surface area contributed by atoms with Crippen LogP contribution in [0.2, 0.25) is 0 Å². The number of aromatic nitrogens is 3. The minimum atomic E-state index is 0.321. The maximum atomic E-state index is 4.53. The molecule has 130 valence electrons. The Labute approximate surface area is 145 Å². The van der Waals surface area contributed by atoms with Crippen molar-refractivity contribution in [3.63, 3.8) is 0 Å². The molecule has 0 amide bonds. The Morgan fingerprint density at radius 1 is 1.08 bits per heavy atom. The zero-order valence-electron chi connectivity index (χ0n) is 15.2. The second-order valence-electron chi connectivity index (χ2n) is 9.55. The van der Waals surface area contributed by atoms with Gasteiger partial charge in [0.15, 0.2) is 0 Å². The third-order valence-corrected chi connectivity index (χ3v) is 8.77. The first-order chi connectivity index (χ1) is 11.6. The van der Waals surface area contributed by atoms with Gasteiger partial charge in [-0.25, -0.2) is 0 Å². The average Bonchev–Trinajstić information content (AvgIpc) is 3.22. The fourth-order valence-electron chi connectivity index (χ4n) is 7.57. The summed E-state index contributed by atoms with van der Waals surface area (Å²) in [5.74, 6) is 3.30. The van der Waals surface area contributed by atoms with Crippen molar-refractivity contribution in [2.24, 2.45) is 28.6 Å². The monoisotopic (exact) mass is 325 g/mol. The maximum Gasteiger partial charge on any atom is 0.0864 e. The van der Waals surface area contributed by atoms with Gasteiger partial charge in [0, 0.05) is 5.92 Å². The van der Waals surface area contributed by atoms with Crippen LogP contribution in [-0.2, 0) is 0 Å². The topological polar surface area (TPSA) is 41.6 Å². The van der Waals surface area contributed by atoms with Crippen LogP contribution in [0.3, 0.4) is 0 Å². The van der Waals surface area contributed by atoms with E-state index in [0.29, 0.717) is 16.7 Å². The van der Waals surface area contributed by atoms with E-state index in [0.717, 1.165) is 17.8 Å². The van der Waals surface area contributed by atoms with Gasteiger partial charge < -0.3 is 0 Å². The highest BCUT2D eigenvalue weighted by atomic mass is 15.3. The summed E-state index contributed by atoms with van der Waals surface area (Å²) in [5.41, 5.74) is 3.93. The number of aromatic amines is 1. The van der Waals surface area contributed by atoms with Gasteiger partial charge in [0.1, 0.15) is 0 Å². The Morgan fingerprint density at radius 2 is 2.00 bits per heavy atom. The van der Waals surface area contributed by atoms with Gasteiger partial charge in [0.2, 0.25) is 0 Å². The highest BCUT2D eigenvalue weighted by molar-refractivity contribution is 5.30. The first-order valence-corrected chi connectivity index (χ1v) is 10.2. The Kier molecular flexibility index (Phi) is 3.28. The predicted octanol–water partition coefficient (Wildman–Crippen LogP) is 5.24. The molecule has 1 N–H and O–H groups in total. The van der Waals surface area contributed by atoms with E-state index in [2.05, 4.69) is 35.3 Å². The lowest BCUT2D eigenvalue weighted by Crippen LogP contribution is -2.50. The van der Waals surface area contributed by atoms with Crippen LogP contribution in [0.4, 0.5) is 0 Å². The Balaban J connectivity index is 1.57. The zero-order valence-corrected chi connectivity index (χ0v) is 15.2. The summed E-state index contributed by atoms with van der Waals surface area (Å²) in [4.78, 5) is 0. The van der Waals surface area contributed by atoms with Gasteiger partial charge in [-0.15, -0.1) is 0 Å². The maximum absolute atomic E-state index is 4.53. The predicted molar refractivity (Wildman–Crippen MR) is 95.4 cm³/mol. The molecule has 0 radical (unpaired) electrons. The van der Waals surface area contributed by atoms with E-state index in [4.69, 9.17) is 0 Å². The minimum absolute atomic E-state index is 0.321. The van der Waals surface area contributed by atoms with Crippen LogP contribution in [-0.4, -0.2) is 15.4 Å². The van der Waals surface area contributed by atoms with E-state index in [1.165, 1.54) is 63.5 Å². The molecule has 1 aromatic heterocycles. The number of H-pyrrole nitrogens is 1. The number of nitrogens with zero attached hydrogens (tertiary/aromatic N) is 2. The summed E-state index contributed by atoms with van der Waals surface area (Å²) in [6, 6.07) is 0. The summed E-state index contributed by atoms with van der Waals surface area (Å²) in [6.45, 7) is 5.18. The molecule has 0 bridgehead atoms. The third kappa shape index (κ3) is 1.90. The largest absolute Gasteiger partial charge is 0.198 e. The fourth-order valence-corrected chi connectivity index (χ4v) is 7.57. The minimum Gasteiger partial charge on any atom is -0.198 e. The third-order valence-electron chi connectivity index (χ3n) is 8.77. The molecule has 24 heavy (non-hydrogen) atoms. The van der Waals surface area contributed by atoms with Crippen LogP contribution >= 0.6 is 0 Å². The lowest BCUT2D eigenvalue weighted by molar-refractivity contribution is -0.0340. The molecule has 1 unspecified atom stereocenters. The summed E-state index contributed by atoms with van der Waals surface area (Å²) >= 11 is 0. The van der Waals surface area contributed by atoms with Crippen molar-refractivity contribution in [3.8, 4) is 0 Å². The first-order valence-electron chi connectivity index (χ1n) is 10.2. The normalized spacial score (nSPS) is 47.5. The SMILES string of the molecule is C[C@@]12CCC[C@H]1[C@@H]1CC=C3CCCC(c4cn[nH]n4)[C@]3(C)[C@@H]1CC2. The van der Waals surface area contributed by atoms with Crippen molar-refractivity contribution in [2.75, 3.05) is 0 Å². The summed E-state index contributed by atoms with van der Waals surface area (Å²) in [6.07, 6.45) is 17.2. The standard InChI is InChI=1S/C21H31N3/c1-20-11-4-7-16(20)15-9-8-14-5-3-6-18(19-13-22-24-23-19)21(14,2)17(15)10-12-20/h8,13,15-18H,3-7,9-12H2,1-2H3,(H,22,23,24)/t15-,16-,17+,18?,20-,21-/m0/s1. The van der Waals surface area contributed by atoms with Gasteiger partial charge in [0.05, 0.1) is 11.9 Å². The van der Waals surface area contributed by atoms with Gasteiger partial charge in [-0.2, -0.15) is 15.4 Å². The second kappa shape index (κ2) is 5.19. The molecule has 4 aliphatic carbocycles. The van der Waals surface area contributed by atoms with Crippen molar-refractivity contribution >= 4 is 0 Å². The van der Waals surface area contributed by atoms with E-state index < -0.39 is 0 Å². The number of hydrogen-bond acceptors (Lipinski definition) is 2. The summed E-state index contributed by atoms with van der Waals surface area (Å²) in [5, 5.41) is 11.5. The van der Waals surface area contributed by atoms with Crippen molar-refractivity contribution < 1.29 is 0 Å². The van der Waals surface area contributed by atoms with E-state index in [-0.39, 0.29) is 0 Å². The van der Waals surface area contributed by atoms with E-state index in [9.17, 15) is 0 Å². The Bertz CT molecular complexity index is 648. The number of fused-ring (bicyclic) bond motifs is 5. The number of hydrogen-bond donors (Lipinski definition) is 1.